The standard InChI is InChI=1S/C16H15FN2O5/c1-10-13(14(18-24-10)11-2-4-12(17)5-3-11)15(20)22-8-6-19-7-9-23-16(19)21/h2-5H,6-9H2,1H3. The summed E-state index contributed by atoms with van der Waals surface area (Å²) in [5.74, 6) is -0.693. The summed E-state index contributed by atoms with van der Waals surface area (Å²) in [7, 11) is 0. The van der Waals surface area contributed by atoms with Crippen LogP contribution in [0, 0.1) is 12.7 Å². The number of nitrogens with zero attached hydrogens (tertiary/aromatic N) is 2. The molecule has 1 aromatic carbocycles. The van der Waals surface area contributed by atoms with Gasteiger partial charge in [0.05, 0.1) is 13.1 Å². The molecule has 1 aromatic heterocycles. The number of amides is 1. The van der Waals surface area contributed by atoms with Gasteiger partial charge in [0.25, 0.3) is 0 Å². The summed E-state index contributed by atoms with van der Waals surface area (Å²) in [5, 5.41) is 3.85. The number of carbonyl (C=O) groups is 2. The molecule has 1 amide bonds. The number of hydrogen-bond acceptors (Lipinski definition) is 6. The molecule has 1 aliphatic heterocycles. The van der Waals surface area contributed by atoms with Crippen LogP contribution in [0.3, 0.4) is 0 Å². The Morgan fingerprint density at radius 1 is 1.38 bits per heavy atom. The van der Waals surface area contributed by atoms with Gasteiger partial charge >= 0.3 is 12.1 Å². The van der Waals surface area contributed by atoms with Crippen molar-refractivity contribution in [2.75, 3.05) is 26.3 Å². The summed E-state index contributed by atoms with van der Waals surface area (Å²) in [5.41, 5.74) is 1.02. The van der Waals surface area contributed by atoms with Gasteiger partial charge in [0.15, 0.2) is 0 Å². The molecule has 7 nitrogen and oxygen atoms in total. The highest BCUT2D eigenvalue weighted by molar-refractivity contribution is 5.97. The number of rotatable bonds is 5. The molecule has 0 atom stereocenters. The van der Waals surface area contributed by atoms with Crippen molar-refractivity contribution in [3.8, 4) is 11.3 Å². The Morgan fingerprint density at radius 3 is 2.79 bits per heavy atom. The van der Waals surface area contributed by atoms with E-state index in [1.807, 2.05) is 0 Å². The Balaban J connectivity index is 1.69. The van der Waals surface area contributed by atoms with Gasteiger partial charge in [0.1, 0.15) is 36.0 Å². The van der Waals surface area contributed by atoms with Gasteiger partial charge in [-0.1, -0.05) is 5.16 Å². The predicted molar refractivity (Wildman–Crippen MR) is 79.8 cm³/mol. The van der Waals surface area contributed by atoms with Gasteiger partial charge in [-0.2, -0.15) is 0 Å². The Bertz CT molecular complexity index is 756. The van der Waals surface area contributed by atoms with Gasteiger partial charge in [0, 0.05) is 5.56 Å². The van der Waals surface area contributed by atoms with Crippen LogP contribution in [0.1, 0.15) is 16.1 Å². The summed E-state index contributed by atoms with van der Waals surface area (Å²) in [6, 6.07) is 5.55. The average molecular weight is 334 g/mol. The van der Waals surface area contributed by atoms with E-state index in [0.717, 1.165) is 0 Å². The number of cyclic esters (lactones) is 1. The van der Waals surface area contributed by atoms with E-state index >= 15 is 0 Å². The maximum atomic E-state index is 13.0. The van der Waals surface area contributed by atoms with Gasteiger partial charge < -0.3 is 18.9 Å². The maximum absolute atomic E-state index is 13.0. The minimum Gasteiger partial charge on any atom is -0.460 e. The smallest absolute Gasteiger partial charge is 0.410 e. The highest BCUT2D eigenvalue weighted by Crippen LogP contribution is 2.26. The number of aromatic nitrogens is 1. The van der Waals surface area contributed by atoms with Crippen LogP contribution in [-0.2, 0) is 9.47 Å². The van der Waals surface area contributed by atoms with Crippen LogP contribution < -0.4 is 0 Å². The van der Waals surface area contributed by atoms with Crippen molar-refractivity contribution >= 4 is 12.1 Å². The zero-order chi connectivity index (χ0) is 17.1. The molecule has 0 bridgehead atoms. The number of halogens is 1. The van der Waals surface area contributed by atoms with Crippen LogP contribution >= 0.6 is 0 Å². The molecule has 126 valence electrons. The fourth-order valence-electron chi connectivity index (χ4n) is 2.37. The molecular weight excluding hydrogens is 319 g/mol. The lowest BCUT2D eigenvalue weighted by Gasteiger charge is -2.12. The van der Waals surface area contributed by atoms with Crippen LogP contribution in [0.2, 0.25) is 0 Å². The molecule has 1 aliphatic rings. The Kier molecular flexibility index (Phi) is 4.45. The van der Waals surface area contributed by atoms with E-state index < -0.39 is 12.1 Å². The molecule has 1 fully saturated rings. The summed E-state index contributed by atoms with van der Waals surface area (Å²) >= 11 is 0. The van der Waals surface area contributed by atoms with Crippen LogP contribution in [0.5, 0.6) is 0 Å². The molecule has 1 saturated heterocycles. The molecule has 0 N–H and O–H groups in total. The molecule has 0 unspecified atom stereocenters. The number of carbonyl (C=O) groups excluding carboxylic acids is 2. The Hall–Kier alpha value is -2.90. The summed E-state index contributed by atoms with van der Waals surface area (Å²) in [4.78, 5) is 25.1. The highest BCUT2D eigenvalue weighted by atomic mass is 19.1. The van der Waals surface area contributed by atoms with E-state index in [1.54, 1.807) is 6.92 Å². The zero-order valence-corrected chi connectivity index (χ0v) is 13.0. The summed E-state index contributed by atoms with van der Waals surface area (Å²) < 4.78 is 28.1. The SMILES string of the molecule is Cc1onc(-c2ccc(F)cc2)c1C(=O)OCCN1CCOC1=O. The van der Waals surface area contributed by atoms with Crippen molar-refractivity contribution in [2.45, 2.75) is 6.92 Å². The quantitative estimate of drug-likeness (QED) is 0.781. The topological polar surface area (TPSA) is 81.9 Å². The molecule has 24 heavy (non-hydrogen) atoms. The molecule has 3 rings (SSSR count). The van der Waals surface area contributed by atoms with E-state index in [0.29, 0.717) is 24.5 Å². The number of ether oxygens (including phenoxy) is 2. The van der Waals surface area contributed by atoms with E-state index in [4.69, 9.17) is 14.0 Å². The fourth-order valence-corrected chi connectivity index (χ4v) is 2.37. The van der Waals surface area contributed by atoms with Crippen LogP contribution in [0.4, 0.5) is 9.18 Å². The van der Waals surface area contributed by atoms with E-state index in [9.17, 15) is 14.0 Å². The van der Waals surface area contributed by atoms with Gasteiger partial charge in [-0.05, 0) is 31.2 Å². The number of benzene rings is 1. The summed E-state index contributed by atoms with van der Waals surface area (Å²) in [6.07, 6.45) is -0.417. The second-order valence-corrected chi connectivity index (χ2v) is 5.21. The predicted octanol–water partition coefficient (Wildman–Crippen LogP) is 2.40. The van der Waals surface area contributed by atoms with E-state index in [2.05, 4.69) is 5.16 Å². The van der Waals surface area contributed by atoms with Gasteiger partial charge in [-0.15, -0.1) is 0 Å². The highest BCUT2D eigenvalue weighted by Gasteiger charge is 2.25. The minimum absolute atomic E-state index is 0.0292. The normalized spacial score (nSPS) is 13.9. The second-order valence-electron chi connectivity index (χ2n) is 5.21. The van der Waals surface area contributed by atoms with Crippen molar-refractivity contribution in [3.05, 3.63) is 41.4 Å². The van der Waals surface area contributed by atoms with Gasteiger partial charge in [0.2, 0.25) is 0 Å². The number of aryl methyl sites for hydroxylation is 1. The molecule has 0 saturated carbocycles. The largest absolute Gasteiger partial charge is 0.460 e. The number of hydrogen-bond donors (Lipinski definition) is 0. The minimum atomic E-state index is -0.611. The molecule has 2 heterocycles. The molecule has 0 radical (unpaired) electrons. The third kappa shape index (κ3) is 3.22. The van der Waals surface area contributed by atoms with Crippen molar-refractivity contribution in [2.24, 2.45) is 0 Å². The molecular formula is C16H15FN2O5. The first-order chi connectivity index (χ1) is 11.6. The Labute approximate surface area is 136 Å². The lowest BCUT2D eigenvalue weighted by atomic mass is 10.1. The summed E-state index contributed by atoms with van der Waals surface area (Å²) in [6.45, 7) is 2.69. The van der Waals surface area contributed by atoms with Crippen molar-refractivity contribution < 1.29 is 28.0 Å². The third-order valence-electron chi connectivity index (χ3n) is 3.62. The fraction of sp³-hybridized carbons (Fsp3) is 0.312. The first-order valence-corrected chi connectivity index (χ1v) is 7.37. The third-order valence-corrected chi connectivity index (χ3v) is 3.62. The van der Waals surface area contributed by atoms with Gasteiger partial charge in [-0.25, -0.2) is 14.0 Å². The zero-order valence-electron chi connectivity index (χ0n) is 13.0. The Morgan fingerprint density at radius 2 is 2.12 bits per heavy atom. The van der Waals surface area contributed by atoms with Crippen molar-refractivity contribution in [1.29, 1.82) is 0 Å². The second kappa shape index (κ2) is 6.69. The molecule has 0 spiro atoms. The molecule has 2 aromatic rings. The van der Waals surface area contributed by atoms with E-state index in [-0.39, 0.29) is 30.2 Å². The first-order valence-electron chi connectivity index (χ1n) is 7.37. The van der Waals surface area contributed by atoms with Crippen LogP contribution in [-0.4, -0.2) is 48.4 Å². The van der Waals surface area contributed by atoms with Crippen LogP contribution in [0.15, 0.2) is 28.8 Å². The lowest BCUT2D eigenvalue weighted by Crippen LogP contribution is -2.29. The number of esters is 1. The first kappa shape index (κ1) is 16.0. The molecule has 0 aliphatic carbocycles. The monoisotopic (exact) mass is 334 g/mol. The lowest BCUT2D eigenvalue weighted by molar-refractivity contribution is 0.0476. The van der Waals surface area contributed by atoms with Crippen LogP contribution in [0.25, 0.3) is 11.3 Å². The van der Waals surface area contributed by atoms with E-state index in [1.165, 1.54) is 29.2 Å². The van der Waals surface area contributed by atoms with Crippen molar-refractivity contribution in [3.63, 3.8) is 0 Å². The molecule has 8 heteroatoms. The average Bonchev–Trinajstić information content (AvgIpc) is 3.14. The van der Waals surface area contributed by atoms with Gasteiger partial charge in [-0.3, -0.25) is 0 Å². The van der Waals surface area contributed by atoms with Crippen molar-refractivity contribution in [1.82, 2.24) is 10.1 Å². The maximum Gasteiger partial charge on any atom is 0.410 e.